The van der Waals surface area contributed by atoms with Gasteiger partial charge in [-0.2, -0.15) is 0 Å². The smallest absolute Gasteiger partial charge is 0.261 e. The highest BCUT2D eigenvalue weighted by atomic mass is 32.2. The van der Waals surface area contributed by atoms with E-state index in [1.54, 1.807) is 0 Å². The molecule has 0 saturated carbocycles. The summed E-state index contributed by atoms with van der Waals surface area (Å²) in [5.74, 6) is -0.670. The monoisotopic (exact) mass is 405 g/mol. The Balaban J connectivity index is 1.62. The number of amides is 1. The number of nitrogens with zero attached hydrogens (tertiary/aromatic N) is 1. The Hall–Kier alpha value is -2.45. The van der Waals surface area contributed by atoms with Crippen LogP contribution in [-0.4, -0.2) is 44.9 Å². The second-order valence-corrected chi connectivity index (χ2v) is 8.45. The summed E-state index contributed by atoms with van der Waals surface area (Å²) in [7, 11) is -3.82. The van der Waals surface area contributed by atoms with Crippen molar-refractivity contribution < 1.29 is 17.6 Å². The van der Waals surface area contributed by atoms with Crippen LogP contribution in [0.25, 0.3) is 0 Å². The SMILES string of the molecule is CCN1CCCC1CNC(=O)c1ccc(S(=O)(=O)Nc2ccc(F)cc2)cc1. The molecule has 1 fully saturated rings. The first-order valence-corrected chi connectivity index (χ1v) is 10.8. The van der Waals surface area contributed by atoms with E-state index in [4.69, 9.17) is 0 Å². The van der Waals surface area contributed by atoms with Crippen molar-refractivity contribution in [3.63, 3.8) is 0 Å². The van der Waals surface area contributed by atoms with Gasteiger partial charge in [0.2, 0.25) is 0 Å². The maximum atomic E-state index is 12.9. The molecule has 2 aromatic rings. The first-order valence-electron chi connectivity index (χ1n) is 9.30. The normalized spacial score (nSPS) is 17.4. The van der Waals surface area contributed by atoms with Crippen molar-refractivity contribution in [2.75, 3.05) is 24.4 Å². The second kappa shape index (κ2) is 8.70. The van der Waals surface area contributed by atoms with Crippen LogP contribution in [-0.2, 0) is 10.0 Å². The topological polar surface area (TPSA) is 78.5 Å². The maximum Gasteiger partial charge on any atom is 0.261 e. The Morgan fingerprint density at radius 1 is 1.14 bits per heavy atom. The van der Waals surface area contributed by atoms with Gasteiger partial charge in [-0.25, -0.2) is 12.8 Å². The molecule has 2 aromatic carbocycles. The summed E-state index contributed by atoms with van der Waals surface area (Å²) in [5.41, 5.74) is 0.669. The summed E-state index contributed by atoms with van der Waals surface area (Å²) in [4.78, 5) is 14.7. The van der Waals surface area contributed by atoms with Gasteiger partial charge in [-0.15, -0.1) is 0 Å². The van der Waals surface area contributed by atoms with Gasteiger partial charge in [0.1, 0.15) is 5.82 Å². The molecule has 2 N–H and O–H groups in total. The molecule has 1 atom stereocenters. The Morgan fingerprint density at radius 3 is 2.46 bits per heavy atom. The van der Waals surface area contributed by atoms with Crippen molar-refractivity contribution in [1.29, 1.82) is 0 Å². The quantitative estimate of drug-likeness (QED) is 0.743. The number of likely N-dealkylation sites (tertiary alicyclic amines) is 1. The first kappa shape index (κ1) is 20.3. The molecule has 0 aliphatic carbocycles. The average molecular weight is 405 g/mol. The number of likely N-dealkylation sites (N-methyl/N-ethyl adjacent to an activating group) is 1. The van der Waals surface area contributed by atoms with Crippen molar-refractivity contribution in [2.45, 2.75) is 30.7 Å². The molecular weight excluding hydrogens is 381 g/mol. The standard InChI is InChI=1S/C20H24FN3O3S/c1-2-24-13-3-4-18(24)14-22-20(25)15-5-11-19(12-6-15)28(26,27)23-17-9-7-16(21)8-10-17/h5-12,18,23H,2-4,13-14H2,1H3,(H,22,25). The minimum atomic E-state index is -3.82. The van der Waals surface area contributed by atoms with E-state index < -0.39 is 15.8 Å². The molecule has 1 heterocycles. The minimum Gasteiger partial charge on any atom is -0.350 e. The Bertz CT molecular complexity index is 915. The summed E-state index contributed by atoms with van der Waals surface area (Å²) >= 11 is 0. The lowest BCUT2D eigenvalue weighted by atomic mass is 10.2. The van der Waals surface area contributed by atoms with E-state index in [9.17, 15) is 17.6 Å². The molecular formula is C20H24FN3O3S. The molecule has 0 aromatic heterocycles. The Kier molecular flexibility index (Phi) is 6.31. The van der Waals surface area contributed by atoms with Crippen LogP contribution in [0.4, 0.5) is 10.1 Å². The van der Waals surface area contributed by atoms with Gasteiger partial charge >= 0.3 is 0 Å². The number of rotatable bonds is 7. The van der Waals surface area contributed by atoms with E-state index in [1.807, 2.05) is 0 Å². The summed E-state index contributed by atoms with van der Waals surface area (Å²) in [5, 5.41) is 2.93. The van der Waals surface area contributed by atoms with Gasteiger partial charge in [-0.1, -0.05) is 6.92 Å². The zero-order valence-electron chi connectivity index (χ0n) is 15.7. The van der Waals surface area contributed by atoms with Crippen LogP contribution in [0.3, 0.4) is 0 Å². The van der Waals surface area contributed by atoms with Crippen LogP contribution in [0.2, 0.25) is 0 Å². The number of nitrogens with one attached hydrogen (secondary N) is 2. The fraction of sp³-hybridized carbons (Fsp3) is 0.350. The van der Waals surface area contributed by atoms with Gasteiger partial charge < -0.3 is 5.32 Å². The maximum absolute atomic E-state index is 12.9. The Labute approximate surface area is 164 Å². The third kappa shape index (κ3) is 4.88. The molecule has 28 heavy (non-hydrogen) atoms. The number of benzene rings is 2. The van der Waals surface area contributed by atoms with Crippen LogP contribution < -0.4 is 10.0 Å². The number of halogens is 1. The van der Waals surface area contributed by atoms with E-state index in [2.05, 4.69) is 21.9 Å². The van der Waals surface area contributed by atoms with Gasteiger partial charge in [-0.05, 0) is 74.5 Å². The molecule has 150 valence electrons. The number of hydrogen-bond donors (Lipinski definition) is 2. The molecule has 1 saturated heterocycles. The van der Waals surface area contributed by atoms with Gasteiger partial charge in [0.15, 0.2) is 0 Å². The first-order chi connectivity index (χ1) is 13.4. The van der Waals surface area contributed by atoms with Crippen LogP contribution in [0, 0.1) is 5.82 Å². The van der Waals surface area contributed by atoms with Gasteiger partial charge in [0.05, 0.1) is 4.90 Å². The fourth-order valence-electron chi connectivity index (χ4n) is 3.37. The van der Waals surface area contributed by atoms with Crippen molar-refractivity contribution >= 4 is 21.6 Å². The second-order valence-electron chi connectivity index (χ2n) is 6.77. The van der Waals surface area contributed by atoms with E-state index in [0.717, 1.165) is 25.9 Å². The third-order valence-corrected chi connectivity index (χ3v) is 6.32. The van der Waals surface area contributed by atoms with Crippen molar-refractivity contribution in [1.82, 2.24) is 10.2 Å². The lowest BCUT2D eigenvalue weighted by Crippen LogP contribution is -2.40. The van der Waals surface area contributed by atoms with Crippen LogP contribution in [0.5, 0.6) is 0 Å². The van der Waals surface area contributed by atoms with E-state index in [1.165, 1.54) is 48.5 Å². The lowest BCUT2D eigenvalue weighted by molar-refractivity contribution is 0.0941. The van der Waals surface area contributed by atoms with E-state index in [-0.39, 0.29) is 16.5 Å². The molecule has 1 aliphatic rings. The number of anilines is 1. The molecule has 0 radical (unpaired) electrons. The number of sulfonamides is 1. The molecule has 1 aliphatic heterocycles. The predicted octanol–water partition coefficient (Wildman–Crippen LogP) is 2.84. The highest BCUT2D eigenvalue weighted by Crippen LogP contribution is 2.18. The Morgan fingerprint density at radius 2 is 1.82 bits per heavy atom. The number of carbonyl (C=O) groups excluding carboxylic acids is 1. The van der Waals surface area contributed by atoms with Gasteiger partial charge in [-0.3, -0.25) is 14.4 Å². The van der Waals surface area contributed by atoms with Crippen molar-refractivity contribution in [2.24, 2.45) is 0 Å². The molecule has 6 nitrogen and oxygen atoms in total. The summed E-state index contributed by atoms with van der Waals surface area (Å²) in [6.45, 7) is 4.72. The van der Waals surface area contributed by atoms with E-state index in [0.29, 0.717) is 18.2 Å². The number of carbonyl (C=O) groups is 1. The molecule has 1 amide bonds. The fourth-order valence-corrected chi connectivity index (χ4v) is 4.43. The number of hydrogen-bond acceptors (Lipinski definition) is 4. The van der Waals surface area contributed by atoms with Gasteiger partial charge in [0, 0.05) is 23.8 Å². The minimum absolute atomic E-state index is 0.0290. The van der Waals surface area contributed by atoms with Crippen LogP contribution in [0.1, 0.15) is 30.1 Å². The molecule has 3 rings (SSSR count). The van der Waals surface area contributed by atoms with Crippen molar-refractivity contribution in [3.05, 3.63) is 59.9 Å². The average Bonchev–Trinajstić information content (AvgIpc) is 3.15. The third-order valence-electron chi connectivity index (χ3n) is 4.93. The predicted molar refractivity (Wildman–Crippen MR) is 106 cm³/mol. The largest absolute Gasteiger partial charge is 0.350 e. The highest BCUT2D eigenvalue weighted by Gasteiger charge is 2.23. The summed E-state index contributed by atoms with van der Waals surface area (Å²) in [6, 6.07) is 11.1. The molecule has 0 spiro atoms. The van der Waals surface area contributed by atoms with Crippen LogP contribution >= 0.6 is 0 Å². The highest BCUT2D eigenvalue weighted by molar-refractivity contribution is 7.92. The zero-order chi connectivity index (χ0) is 20.1. The lowest BCUT2D eigenvalue weighted by Gasteiger charge is -2.22. The summed E-state index contributed by atoms with van der Waals surface area (Å²) < 4.78 is 40.2. The van der Waals surface area contributed by atoms with Crippen LogP contribution in [0.15, 0.2) is 53.4 Å². The zero-order valence-corrected chi connectivity index (χ0v) is 16.5. The van der Waals surface area contributed by atoms with E-state index >= 15 is 0 Å². The molecule has 8 heteroatoms. The summed E-state index contributed by atoms with van der Waals surface area (Å²) in [6.07, 6.45) is 2.21. The van der Waals surface area contributed by atoms with Gasteiger partial charge in [0.25, 0.3) is 15.9 Å². The molecule has 0 bridgehead atoms. The van der Waals surface area contributed by atoms with Crippen molar-refractivity contribution in [3.8, 4) is 0 Å². The molecule has 1 unspecified atom stereocenters.